The highest BCUT2D eigenvalue weighted by Gasteiger charge is 2.47. The van der Waals surface area contributed by atoms with E-state index >= 15 is 0 Å². The Morgan fingerprint density at radius 2 is 2.06 bits per heavy atom. The van der Waals surface area contributed by atoms with Crippen molar-refractivity contribution >= 4 is 0 Å². The van der Waals surface area contributed by atoms with E-state index in [0.717, 1.165) is 17.8 Å². The summed E-state index contributed by atoms with van der Waals surface area (Å²) in [5.74, 6) is 3.27. The van der Waals surface area contributed by atoms with Gasteiger partial charge in [-0.05, 0) is 48.0 Å². The lowest BCUT2D eigenvalue weighted by Gasteiger charge is -2.37. The minimum Gasteiger partial charge on any atom is -0.0952 e. The molecule has 0 N–H and O–H groups in total. The van der Waals surface area contributed by atoms with Gasteiger partial charge in [0.15, 0.2) is 0 Å². The van der Waals surface area contributed by atoms with Crippen molar-refractivity contribution in [2.45, 2.75) is 33.1 Å². The Labute approximate surface area is 111 Å². The molecule has 0 heterocycles. The highest BCUT2D eigenvalue weighted by atomic mass is 14.5. The second-order valence-electron chi connectivity index (χ2n) is 7.00. The second kappa shape index (κ2) is 4.26. The minimum atomic E-state index is 0.373. The maximum atomic E-state index is 4.30. The number of hydrogen-bond acceptors (Lipinski definition) is 0. The van der Waals surface area contributed by atoms with Gasteiger partial charge in [0.2, 0.25) is 0 Å². The lowest BCUT2D eigenvalue weighted by atomic mass is 9.67. The molecule has 4 unspecified atom stereocenters. The molecule has 3 aliphatic carbocycles. The first-order valence-electron chi connectivity index (χ1n) is 7.28. The normalized spacial score (nSPS) is 41.1. The van der Waals surface area contributed by atoms with Crippen molar-refractivity contribution in [3.05, 3.63) is 48.6 Å². The van der Waals surface area contributed by atoms with E-state index in [4.69, 9.17) is 0 Å². The van der Waals surface area contributed by atoms with Crippen LogP contribution in [0.3, 0.4) is 0 Å². The first-order valence-corrected chi connectivity index (χ1v) is 7.28. The zero-order valence-corrected chi connectivity index (χ0v) is 11.6. The van der Waals surface area contributed by atoms with Crippen LogP contribution < -0.4 is 0 Å². The predicted octanol–water partition coefficient (Wildman–Crippen LogP) is 4.91. The summed E-state index contributed by atoms with van der Waals surface area (Å²) in [6, 6.07) is 0. The minimum absolute atomic E-state index is 0.373. The van der Waals surface area contributed by atoms with Crippen molar-refractivity contribution in [2.24, 2.45) is 29.1 Å². The Hall–Kier alpha value is -1.04. The Morgan fingerprint density at radius 3 is 2.89 bits per heavy atom. The van der Waals surface area contributed by atoms with Crippen LogP contribution in [0, 0.1) is 29.1 Å². The molecule has 0 aromatic heterocycles. The van der Waals surface area contributed by atoms with E-state index in [2.05, 4.69) is 56.9 Å². The van der Waals surface area contributed by atoms with Gasteiger partial charge in [0.25, 0.3) is 0 Å². The van der Waals surface area contributed by atoms with Crippen molar-refractivity contribution < 1.29 is 0 Å². The molecule has 0 bridgehead atoms. The van der Waals surface area contributed by atoms with E-state index in [1.807, 2.05) is 0 Å². The maximum absolute atomic E-state index is 4.30. The van der Waals surface area contributed by atoms with Crippen LogP contribution in [-0.2, 0) is 0 Å². The number of hydrogen-bond donors (Lipinski definition) is 0. The maximum Gasteiger partial charge on any atom is 0.00436 e. The molecule has 0 amide bonds. The predicted molar refractivity (Wildman–Crippen MR) is 78.2 cm³/mol. The van der Waals surface area contributed by atoms with Crippen molar-refractivity contribution in [1.82, 2.24) is 0 Å². The molecule has 0 radical (unpaired) electrons. The van der Waals surface area contributed by atoms with Crippen LogP contribution in [0.2, 0.25) is 0 Å². The zero-order chi connectivity index (χ0) is 12.8. The molecule has 3 aliphatic rings. The zero-order valence-electron chi connectivity index (χ0n) is 11.6. The quantitative estimate of drug-likeness (QED) is 0.528. The van der Waals surface area contributed by atoms with E-state index in [9.17, 15) is 0 Å². The molecule has 0 aromatic rings. The van der Waals surface area contributed by atoms with E-state index in [1.165, 1.54) is 24.8 Å². The van der Waals surface area contributed by atoms with Crippen molar-refractivity contribution in [1.29, 1.82) is 0 Å². The molecule has 96 valence electrons. The van der Waals surface area contributed by atoms with Crippen LogP contribution in [0.1, 0.15) is 33.1 Å². The molecule has 0 spiro atoms. The third-order valence-corrected chi connectivity index (χ3v) is 4.93. The Balaban J connectivity index is 1.92. The highest BCUT2D eigenvalue weighted by molar-refractivity contribution is 5.30. The molecular weight excluding hydrogens is 216 g/mol. The van der Waals surface area contributed by atoms with Crippen LogP contribution in [-0.4, -0.2) is 0 Å². The van der Waals surface area contributed by atoms with Crippen LogP contribution in [0.5, 0.6) is 0 Å². The van der Waals surface area contributed by atoms with E-state index in [-0.39, 0.29) is 0 Å². The third-order valence-electron chi connectivity index (χ3n) is 4.93. The van der Waals surface area contributed by atoms with Crippen molar-refractivity contribution in [3.8, 4) is 0 Å². The van der Waals surface area contributed by atoms with Gasteiger partial charge >= 0.3 is 0 Å². The number of fused-ring (bicyclic) bond motifs is 3. The van der Waals surface area contributed by atoms with Crippen LogP contribution in [0.25, 0.3) is 0 Å². The van der Waals surface area contributed by atoms with Crippen LogP contribution >= 0.6 is 0 Å². The lowest BCUT2D eigenvalue weighted by molar-refractivity contribution is 0.238. The largest absolute Gasteiger partial charge is 0.0952 e. The summed E-state index contributed by atoms with van der Waals surface area (Å²) in [5.41, 5.74) is 1.67. The molecule has 0 aliphatic heterocycles. The molecule has 0 aromatic carbocycles. The fourth-order valence-corrected chi connectivity index (χ4v) is 3.81. The van der Waals surface area contributed by atoms with Gasteiger partial charge in [0, 0.05) is 5.92 Å². The first-order chi connectivity index (χ1) is 8.57. The average molecular weight is 240 g/mol. The Morgan fingerprint density at radius 1 is 1.22 bits per heavy atom. The topological polar surface area (TPSA) is 0 Å². The van der Waals surface area contributed by atoms with E-state index in [1.54, 1.807) is 0 Å². The van der Waals surface area contributed by atoms with Gasteiger partial charge in [0.05, 0.1) is 0 Å². The number of allylic oxidation sites excluding steroid dienone is 7. The molecule has 1 saturated carbocycles. The lowest BCUT2D eigenvalue weighted by Crippen LogP contribution is -2.28. The summed E-state index contributed by atoms with van der Waals surface area (Å²) < 4.78 is 0. The first kappa shape index (κ1) is 12.0. The summed E-state index contributed by atoms with van der Waals surface area (Å²) >= 11 is 0. The molecule has 0 heteroatoms. The fraction of sp³-hybridized carbons (Fsp3) is 0.556. The third kappa shape index (κ3) is 2.25. The van der Waals surface area contributed by atoms with Crippen molar-refractivity contribution in [2.75, 3.05) is 0 Å². The Kier molecular flexibility index (Phi) is 2.84. The van der Waals surface area contributed by atoms with E-state index < -0.39 is 0 Å². The molecule has 0 nitrogen and oxygen atoms in total. The number of rotatable bonds is 0. The molecule has 18 heavy (non-hydrogen) atoms. The van der Waals surface area contributed by atoms with E-state index in [0.29, 0.717) is 11.3 Å². The molecule has 1 fully saturated rings. The van der Waals surface area contributed by atoms with Gasteiger partial charge in [-0.15, -0.1) is 0 Å². The average Bonchev–Trinajstić information content (AvgIpc) is 3.06. The standard InChI is InChI=1S/C18H24/c1-13-7-5-4-6-8-14-11-16(14)17-12-18(2,3)10-9-15(13)17/h4-7,9-10,14-17H,1,8,11-12H2,2-3H3. The van der Waals surface area contributed by atoms with Gasteiger partial charge in [-0.3, -0.25) is 0 Å². The molecular formula is C18H24. The summed E-state index contributed by atoms with van der Waals surface area (Å²) in [6.07, 6.45) is 17.8. The summed E-state index contributed by atoms with van der Waals surface area (Å²) in [4.78, 5) is 0. The molecule has 4 atom stereocenters. The fourth-order valence-electron chi connectivity index (χ4n) is 3.81. The van der Waals surface area contributed by atoms with Crippen LogP contribution in [0.4, 0.5) is 0 Å². The van der Waals surface area contributed by atoms with Crippen molar-refractivity contribution in [3.63, 3.8) is 0 Å². The molecule has 0 saturated heterocycles. The molecule has 3 rings (SSSR count). The van der Waals surface area contributed by atoms with Gasteiger partial charge in [-0.2, -0.15) is 0 Å². The van der Waals surface area contributed by atoms with Gasteiger partial charge in [-0.25, -0.2) is 0 Å². The summed E-state index contributed by atoms with van der Waals surface area (Å²) in [5, 5.41) is 0. The van der Waals surface area contributed by atoms with Crippen LogP contribution in [0.15, 0.2) is 48.6 Å². The van der Waals surface area contributed by atoms with Gasteiger partial charge < -0.3 is 0 Å². The SMILES string of the molecule is C=C1C=CC=CCC2CC2C2CC(C)(C)C=CC12. The smallest absolute Gasteiger partial charge is 0.00436 e. The Bertz CT molecular complexity index is 433. The second-order valence-corrected chi connectivity index (χ2v) is 7.00. The van der Waals surface area contributed by atoms with Gasteiger partial charge in [0.1, 0.15) is 0 Å². The monoisotopic (exact) mass is 240 g/mol. The summed E-state index contributed by atoms with van der Waals surface area (Å²) in [6.45, 7) is 9.04. The summed E-state index contributed by atoms with van der Waals surface area (Å²) in [7, 11) is 0. The highest BCUT2D eigenvalue weighted by Crippen LogP contribution is 2.55. The van der Waals surface area contributed by atoms with Gasteiger partial charge in [-0.1, -0.05) is 56.9 Å².